The third-order valence-corrected chi connectivity index (χ3v) is 4.53. The van der Waals surface area contributed by atoms with Crippen LogP contribution in [0.1, 0.15) is 11.1 Å². The molecule has 0 spiro atoms. The summed E-state index contributed by atoms with van der Waals surface area (Å²) in [6.07, 6.45) is 0. The van der Waals surface area contributed by atoms with Gasteiger partial charge in [-0.1, -0.05) is 29.8 Å². The van der Waals surface area contributed by atoms with Crippen molar-refractivity contribution in [2.24, 2.45) is 4.99 Å². The molecule has 0 radical (unpaired) electrons. The van der Waals surface area contributed by atoms with Gasteiger partial charge >= 0.3 is 6.03 Å². The number of carbonyl (C=O) groups excluding carboxylic acids is 1. The van der Waals surface area contributed by atoms with Crippen LogP contribution in [0.3, 0.4) is 0 Å². The van der Waals surface area contributed by atoms with E-state index in [0.29, 0.717) is 22.7 Å². The minimum atomic E-state index is -0.625. The number of amides is 2. The number of rotatable bonds is 5. The Bertz CT molecular complexity index is 1150. The average Bonchev–Trinajstić information content (AvgIpc) is 2.75. The van der Waals surface area contributed by atoms with E-state index >= 15 is 0 Å². The Labute approximate surface area is 183 Å². The van der Waals surface area contributed by atoms with E-state index in [1.54, 1.807) is 12.1 Å². The molecule has 0 aliphatic heterocycles. The molecule has 0 aromatic heterocycles. The molecule has 0 saturated carbocycles. The van der Waals surface area contributed by atoms with E-state index < -0.39 is 11.0 Å². The second kappa shape index (κ2) is 9.73. The van der Waals surface area contributed by atoms with Crippen LogP contribution in [-0.2, 0) is 4.74 Å². The molecule has 0 unspecified atom stereocenters. The van der Waals surface area contributed by atoms with E-state index in [1.807, 2.05) is 31.2 Å². The zero-order valence-corrected chi connectivity index (χ0v) is 17.4. The Balaban J connectivity index is 1.71. The van der Waals surface area contributed by atoms with Crippen molar-refractivity contribution in [1.82, 2.24) is 0 Å². The van der Waals surface area contributed by atoms with Gasteiger partial charge in [-0.15, -0.1) is 0 Å². The van der Waals surface area contributed by atoms with E-state index in [1.165, 1.54) is 37.4 Å². The van der Waals surface area contributed by atoms with Gasteiger partial charge in [0.15, 0.2) is 0 Å². The highest BCUT2D eigenvalue weighted by molar-refractivity contribution is 6.32. The van der Waals surface area contributed by atoms with E-state index in [4.69, 9.17) is 21.1 Å². The van der Waals surface area contributed by atoms with Gasteiger partial charge in [-0.2, -0.15) is 4.99 Å². The van der Waals surface area contributed by atoms with Gasteiger partial charge in [0.1, 0.15) is 11.5 Å². The van der Waals surface area contributed by atoms with Crippen molar-refractivity contribution in [2.75, 3.05) is 12.4 Å². The molecule has 0 aliphatic rings. The highest BCUT2D eigenvalue weighted by Gasteiger charge is 2.12. The lowest BCUT2D eigenvalue weighted by Crippen LogP contribution is -2.13. The number of hydrogen-bond acceptors (Lipinski definition) is 5. The van der Waals surface area contributed by atoms with Crippen LogP contribution < -0.4 is 10.1 Å². The number of aliphatic imine (C=N–C) groups is 1. The van der Waals surface area contributed by atoms with Crippen molar-refractivity contribution >= 4 is 34.9 Å². The van der Waals surface area contributed by atoms with Crippen LogP contribution in [0.4, 0.5) is 16.2 Å². The fraction of sp³-hybridized carbons (Fsp3) is 0.0909. The molecule has 9 heteroatoms. The fourth-order valence-corrected chi connectivity index (χ4v) is 2.92. The minimum absolute atomic E-state index is 0.0433. The SMILES string of the molecule is COC(=NC(=O)Nc1ccc(Oc2ccc([N+](=O)[O-])cc2)c(Cl)c1)c1ccccc1C. The van der Waals surface area contributed by atoms with Crippen LogP contribution in [0.15, 0.2) is 71.7 Å². The summed E-state index contributed by atoms with van der Waals surface area (Å²) < 4.78 is 10.9. The van der Waals surface area contributed by atoms with Crippen molar-refractivity contribution in [2.45, 2.75) is 6.92 Å². The maximum atomic E-state index is 12.3. The number of halogens is 1. The Morgan fingerprint density at radius 1 is 1.10 bits per heavy atom. The third-order valence-electron chi connectivity index (χ3n) is 4.23. The predicted octanol–water partition coefficient (Wildman–Crippen LogP) is 5.97. The average molecular weight is 440 g/mol. The Morgan fingerprint density at radius 3 is 2.42 bits per heavy atom. The summed E-state index contributed by atoms with van der Waals surface area (Å²) in [4.78, 5) is 26.5. The van der Waals surface area contributed by atoms with E-state index in [-0.39, 0.29) is 16.6 Å². The first-order chi connectivity index (χ1) is 14.9. The summed E-state index contributed by atoms with van der Waals surface area (Å²) in [5.74, 6) is 0.909. The van der Waals surface area contributed by atoms with Crippen LogP contribution in [0.5, 0.6) is 11.5 Å². The van der Waals surface area contributed by atoms with Crippen LogP contribution >= 0.6 is 11.6 Å². The summed E-state index contributed by atoms with van der Waals surface area (Å²) in [7, 11) is 1.44. The Kier molecular flexibility index (Phi) is 6.84. The number of non-ortho nitro benzene ring substituents is 1. The number of nitro benzene ring substituents is 1. The molecule has 8 nitrogen and oxygen atoms in total. The lowest BCUT2D eigenvalue weighted by atomic mass is 10.1. The molecule has 0 bridgehead atoms. The van der Waals surface area contributed by atoms with Crippen molar-refractivity contribution in [3.63, 3.8) is 0 Å². The van der Waals surface area contributed by atoms with Crippen LogP contribution in [0.2, 0.25) is 5.02 Å². The molecule has 31 heavy (non-hydrogen) atoms. The fourth-order valence-electron chi connectivity index (χ4n) is 2.70. The largest absolute Gasteiger partial charge is 0.480 e. The van der Waals surface area contributed by atoms with Gasteiger partial charge in [0.05, 0.1) is 17.1 Å². The number of methoxy groups -OCH3 is 1. The highest BCUT2D eigenvalue weighted by atomic mass is 35.5. The summed E-state index contributed by atoms with van der Waals surface area (Å²) in [5, 5.41) is 13.6. The molecular formula is C22H18ClN3O5. The van der Waals surface area contributed by atoms with Crippen LogP contribution in [-0.4, -0.2) is 24.0 Å². The number of anilines is 1. The van der Waals surface area contributed by atoms with Gasteiger partial charge in [0, 0.05) is 23.4 Å². The predicted molar refractivity (Wildman–Crippen MR) is 118 cm³/mol. The van der Waals surface area contributed by atoms with E-state index in [0.717, 1.165) is 5.56 Å². The second-order valence-electron chi connectivity index (χ2n) is 6.36. The molecule has 0 atom stereocenters. The molecule has 1 N–H and O–H groups in total. The number of benzene rings is 3. The summed E-state index contributed by atoms with van der Waals surface area (Å²) in [5.41, 5.74) is 2.00. The van der Waals surface area contributed by atoms with Gasteiger partial charge in [-0.05, 0) is 48.9 Å². The van der Waals surface area contributed by atoms with Crippen LogP contribution in [0.25, 0.3) is 0 Å². The molecule has 3 rings (SSSR count). The van der Waals surface area contributed by atoms with Gasteiger partial charge < -0.3 is 14.8 Å². The van der Waals surface area contributed by atoms with Crippen molar-refractivity contribution in [3.05, 3.63) is 93.0 Å². The zero-order chi connectivity index (χ0) is 22.4. The maximum Gasteiger partial charge on any atom is 0.348 e. The smallest absolute Gasteiger partial charge is 0.348 e. The Hall–Kier alpha value is -3.91. The van der Waals surface area contributed by atoms with Gasteiger partial charge in [-0.25, -0.2) is 4.79 Å². The lowest BCUT2D eigenvalue weighted by Gasteiger charge is -2.10. The number of nitrogens with zero attached hydrogens (tertiary/aromatic N) is 2. The first-order valence-electron chi connectivity index (χ1n) is 9.09. The quantitative estimate of drug-likeness (QED) is 0.228. The Morgan fingerprint density at radius 2 is 1.81 bits per heavy atom. The van der Waals surface area contributed by atoms with Gasteiger partial charge in [0.2, 0.25) is 5.90 Å². The van der Waals surface area contributed by atoms with E-state index in [2.05, 4.69) is 10.3 Å². The standard InChI is InChI=1S/C22H18ClN3O5/c1-14-5-3-4-6-18(14)21(30-2)25-22(27)24-15-7-12-20(19(23)13-15)31-17-10-8-16(9-11-17)26(28)29/h3-13H,1-2H3,(H,24,27). The zero-order valence-electron chi connectivity index (χ0n) is 16.7. The molecular weight excluding hydrogens is 422 g/mol. The summed E-state index contributed by atoms with van der Waals surface area (Å²) >= 11 is 6.25. The number of nitrogens with one attached hydrogen (secondary N) is 1. The molecule has 0 aliphatic carbocycles. The topological polar surface area (TPSA) is 103 Å². The lowest BCUT2D eigenvalue weighted by molar-refractivity contribution is -0.384. The molecule has 0 fully saturated rings. The number of hydrogen-bond donors (Lipinski definition) is 1. The molecule has 3 aromatic rings. The minimum Gasteiger partial charge on any atom is -0.480 e. The second-order valence-corrected chi connectivity index (χ2v) is 6.77. The molecule has 158 valence electrons. The number of carbonyl (C=O) groups is 1. The molecule has 2 amide bonds. The van der Waals surface area contributed by atoms with Gasteiger partial charge in [-0.3, -0.25) is 10.1 Å². The van der Waals surface area contributed by atoms with Crippen LogP contribution in [0, 0.1) is 17.0 Å². The summed E-state index contributed by atoms with van der Waals surface area (Å²) in [6, 6.07) is 17.1. The normalized spacial score (nSPS) is 11.0. The summed E-state index contributed by atoms with van der Waals surface area (Å²) in [6.45, 7) is 1.89. The molecule has 3 aromatic carbocycles. The number of aryl methyl sites for hydroxylation is 1. The number of ether oxygens (including phenoxy) is 2. The first-order valence-corrected chi connectivity index (χ1v) is 9.46. The van der Waals surface area contributed by atoms with Crippen molar-refractivity contribution in [1.29, 1.82) is 0 Å². The van der Waals surface area contributed by atoms with Crippen molar-refractivity contribution in [3.8, 4) is 11.5 Å². The van der Waals surface area contributed by atoms with E-state index in [9.17, 15) is 14.9 Å². The van der Waals surface area contributed by atoms with Gasteiger partial charge in [0.25, 0.3) is 5.69 Å². The molecule has 0 saturated heterocycles. The van der Waals surface area contributed by atoms with Crippen molar-refractivity contribution < 1.29 is 19.2 Å². The highest BCUT2D eigenvalue weighted by Crippen LogP contribution is 2.32. The number of nitro groups is 1. The first kappa shape index (κ1) is 21.8. The maximum absolute atomic E-state index is 12.3. The molecule has 0 heterocycles. The monoisotopic (exact) mass is 439 g/mol. The number of urea groups is 1. The third kappa shape index (κ3) is 5.58.